The van der Waals surface area contributed by atoms with E-state index in [9.17, 15) is 4.79 Å². The molecule has 0 unspecified atom stereocenters. The molecule has 158 valence electrons. The van der Waals surface area contributed by atoms with Gasteiger partial charge < -0.3 is 14.8 Å². The molecule has 1 amide bonds. The van der Waals surface area contributed by atoms with Crippen LogP contribution in [0.2, 0.25) is 10.0 Å². The minimum atomic E-state index is -0.146. The van der Waals surface area contributed by atoms with Crippen LogP contribution >= 0.6 is 50.9 Å². The summed E-state index contributed by atoms with van der Waals surface area (Å²) in [5.41, 5.74) is 2.42. The molecule has 0 atom stereocenters. The second-order valence-electron chi connectivity index (χ2n) is 6.61. The molecule has 0 aliphatic carbocycles. The Labute approximate surface area is 202 Å². The second-order valence-corrected chi connectivity index (χ2v) is 9.39. The number of hydrogen-bond donors (Lipinski definition) is 1. The number of rotatable bonds is 5. The average Bonchev–Trinajstić information content (AvgIpc) is 2.75. The highest BCUT2D eigenvalue weighted by atomic mass is 79.9. The molecule has 0 aromatic heterocycles. The number of carbonyl (C=O) groups excluding carboxylic acids is 1. The van der Waals surface area contributed by atoms with Crippen molar-refractivity contribution in [3.05, 3.63) is 85.1 Å². The summed E-state index contributed by atoms with van der Waals surface area (Å²) in [7, 11) is 1.57. The van der Waals surface area contributed by atoms with Crippen LogP contribution in [0.4, 0.5) is 5.69 Å². The molecule has 0 fully saturated rings. The molecule has 0 saturated heterocycles. The maximum Gasteiger partial charge on any atom is 0.262 e. The number of carbonyl (C=O) groups is 1. The van der Waals surface area contributed by atoms with E-state index in [1.165, 1.54) is 11.8 Å². The number of anilines is 1. The number of ether oxygens (including phenoxy) is 2. The largest absolute Gasteiger partial charge is 0.493 e. The zero-order chi connectivity index (χ0) is 22.0. The van der Waals surface area contributed by atoms with E-state index in [0.29, 0.717) is 26.4 Å². The van der Waals surface area contributed by atoms with Crippen molar-refractivity contribution in [1.82, 2.24) is 0 Å². The van der Waals surface area contributed by atoms with Gasteiger partial charge in [-0.25, -0.2) is 0 Å². The highest BCUT2D eigenvalue weighted by Gasteiger charge is 2.21. The zero-order valence-corrected chi connectivity index (χ0v) is 20.2. The highest BCUT2D eigenvalue weighted by molar-refractivity contribution is 9.10. The summed E-state index contributed by atoms with van der Waals surface area (Å²) >= 11 is 17.2. The monoisotopic (exact) mass is 535 g/mol. The second kappa shape index (κ2) is 9.57. The van der Waals surface area contributed by atoms with E-state index in [1.54, 1.807) is 19.2 Å². The first-order valence-electron chi connectivity index (χ1n) is 9.19. The summed E-state index contributed by atoms with van der Waals surface area (Å²) in [4.78, 5) is 14.1. The lowest BCUT2D eigenvalue weighted by atomic mass is 10.1. The van der Waals surface area contributed by atoms with Gasteiger partial charge >= 0.3 is 0 Å². The summed E-state index contributed by atoms with van der Waals surface area (Å²) in [5.74, 6) is 0.947. The fourth-order valence-corrected chi connectivity index (χ4v) is 4.81. The van der Waals surface area contributed by atoms with Crippen LogP contribution < -0.4 is 14.8 Å². The molecule has 8 heteroatoms. The third-order valence-electron chi connectivity index (χ3n) is 4.55. The maximum atomic E-state index is 12.5. The van der Waals surface area contributed by atoms with E-state index < -0.39 is 0 Å². The van der Waals surface area contributed by atoms with Gasteiger partial charge in [-0.05, 0) is 48.0 Å². The number of thioether (sulfide) groups is 1. The first-order valence-corrected chi connectivity index (χ1v) is 11.6. The summed E-state index contributed by atoms with van der Waals surface area (Å²) in [6.45, 7) is 0.258. The Morgan fingerprint density at radius 3 is 2.68 bits per heavy atom. The first-order chi connectivity index (χ1) is 14.9. The maximum absolute atomic E-state index is 12.5. The molecule has 3 aromatic rings. The van der Waals surface area contributed by atoms with Gasteiger partial charge in [0.15, 0.2) is 11.5 Å². The Kier molecular flexibility index (Phi) is 6.82. The van der Waals surface area contributed by atoms with Crippen LogP contribution in [0.3, 0.4) is 0 Å². The number of fused-ring (bicyclic) bond motifs is 1. The van der Waals surface area contributed by atoms with Crippen LogP contribution in [0.25, 0.3) is 6.08 Å². The SMILES string of the molecule is COc1cc(/C=C2\Sc3ccccc3NC2=O)c(Br)cc1OCc1ccc(Cl)cc1Cl. The van der Waals surface area contributed by atoms with E-state index in [4.69, 9.17) is 32.7 Å². The van der Waals surface area contributed by atoms with Crippen LogP contribution in [0, 0.1) is 0 Å². The number of benzene rings is 3. The number of methoxy groups -OCH3 is 1. The summed E-state index contributed by atoms with van der Waals surface area (Å²) < 4.78 is 12.2. The van der Waals surface area contributed by atoms with Gasteiger partial charge in [-0.15, -0.1) is 0 Å². The zero-order valence-electron chi connectivity index (χ0n) is 16.2. The standard InChI is InChI=1S/C23H16BrCl2NO3S/c1-29-19-8-14(9-22-23(28)27-18-4-2-3-5-21(18)31-22)16(24)11-20(19)30-12-13-6-7-15(25)10-17(13)26/h2-11H,12H2,1H3,(H,27,28)/b22-9-. The average molecular weight is 537 g/mol. The number of amides is 1. The third-order valence-corrected chi connectivity index (χ3v) is 6.92. The molecule has 4 nitrogen and oxygen atoms in total. The number of hydrogen-bond acceptors (Lipinski definition) is 4. The van der Waals surface area contributed by atoms with Gasteiger partial charge in [-0.1, -0.05) is 69.1 Å². The van der Waals surface area contributed by atoms with Crippen LogP contribution in [0.5, 0.6) is 11.5 Å². The van der Waals surface area contributed by atoms with Gasteiger partial charge in [0.25, 0.3) is 5.91 Å². The Morgan fingerprint density at radius 2 is 1.90 bits per heavy atom. The van der Waals surface area contributed by atoms with E-state index >= 15 is 0 Å². The summed E-state index contributed by atoms with van der Waals surface area (Å²) in [5, 5.41) is 4.02. The van der Waals surface area contributed by atoms with Crippen LogP contribution in [-0.2, 0) is 11.4 Å². The molecule has 1 N–H and O–H groups in total. The van der Waals surface area contributed by atoms with E-state index in [2.05, 4.69) is 21.2 Å². The van der Waals surface area contributed by atoms with Crippen molar-refractivity contribution in [1.29, 1.82) is 0 Å². The molecular formula is C23H16BrCl2NO3S. The lowest BCUT2D eigenvalue weighted by molar-refractivity contribution is -0.112. The fraction of sp³-hybridized carbons (Fsp3) is 0.0870. The van der Waals surface area contributed by atoms with Crippen molar-refractivity contribution in [3.8, 4) is 11.5 Å². The van der Waals surface area contributed by atoms with Crippen molar-refractivity contribution in [2.24, 2.45) is 0 Å². The van der Waals surface area contributed by atoms with Crippen molar-refractivity contribution in [2.45, 2.75) is 11.5 Å². The predicted octanol–water partition coefficient (Wildman–Crippen LogP) is 7.43. The van der Waals surface area contributed by atoms with E-state index in [0.717, 1.165) is 26.2 Å². The molecule has 4 rings (SSSR count). The predicted molar refractivity (Wildman–Crippen MR) is 130 cm³/mol. The molecule has 3 aromatic carbocycles. The fourth-order valence-electron chi connectivity index (χ4n) is 2.97. The van der Waals surface area contributed by atoms with Gasteiger partial charge in [0.2, 0.25) is 0 Å². The van der Waals surface area contributed by atoms with Crippen molar-refractivity contribution in [3.63, 3.8) is 0 Å². The Bertz CT molecular complexity index is 1200. The van der Waals surface area contributed by atoms with Crippen molar-refractivity contribution in [2.75, 3.05) is 12.4 Å². The molecule has 31 heavy (non-hydrogen) atoms. The van der Waals surface area contributed by atoms with Gasteiger partial charge in [0, 0.05) is 25.0 Å². The summed E-state index contributed by atoms with van der Waals surface area (Å²) in [6.07, 6.45) is 1.82. The smallest absolute Gasteiger partial charge is 0.262 e. The van der Waals surface area contributed by atoms with E-state index in [1.807, 2.05) is 48.5 Å². The Morgan fingerprint density at radius 1 is 1.10 bits per heavy atom. The van der Waals surface area contributed by atoms with Crippen molar-refractivity contribution < 1.29 is 14.3 Å². The molecule has 0 radical (unpaired) electrons. The normalized spacial score (nSPS) is 14.2. The number of para-hydroxylation sites is 1. The van der Waals surface area contributed by atoms with E-state index in [-0.39, 0.29) is 12.5 Å². The summed E-state index contributed by atoms with van der Waals surface area (Å²) in [6, 6.07) is 16.6. The molecule has 0 saturated carbocycles. The van der Waals surface area contributed by atoms with Gasteiger partial charge in [-0.2, -0.15) is 0 Å². The topological polar surface area (TPSA) is 47.6 Å². The Balaban J connectivity index is 1.59. The molecule has 0 bridgehead atoms. The molecule has 1 heterocycles. The van der Waals surface area contributed by atoms with Gasteiger partial charge in [0.05, 0.1) is 17.7 Å². The molecule has 1 aliphatic heterocycles. The van der Waals surface area contributed by atoms with Gasteiger partial charge in [0.1, 0.15) is 6.61 Å². The lowest BCUT2D eigenvalue weighted by Gasteiger charge is -2.19. The lowest BCUT2D eigenvalue weighted by Crippen LogP contribution is -2.17. The van der Waals surface area contributed by atoms with Gasteiger partial charge in [-0.3, -0.25) is 4.79 Å². The molecule has 0 spiro atoms. The highest BCUT2D eigenvalue weighted by Crippen LogP contribution is 2.41. The third kappa shape index (κ3) is 5.04. The first kappa shape index (κ1) is 22.1. The minimum Gasteiger partial charge on any atom is -0.493 e. The molecular weight excluding hydrogens is 521 g/mol. The van der Waals surface area contributed by atoms with Crippen molar-refractivity contribution >= 4 is 68.6 Å². The number of halogens is 3. The quantitative estimate of drug-likeness (QED) is 0.344. The van der Waals surface area contributed by atoms with Crippen LogP contribution in [0.15, 0.2) is 68.9 Å². The van der Waals surface area contributed by atoms with Crippen LogP contribution in [-0.4, -0.2) is 13.0 Å². The Hall–Kier alpha value is -2.12. The van der Waals surface area contributed by atoms with Crippen LogP contribution in [0.1, 0.15) is 11.1 Å². The number of nitrogens with one attached hydrogen (secondary N) is 1. The molecule has 1 aliphatic rings. The minimum absolute atomic E-state index is 0.146.